The zero-order chi connectivity index (χ0) is 14.4. The third-order valence-corrected chi connectivity index (χ3v) is 4.06. The van der Waals surface area contributed by atoms with E-state index in [-0.39, 0.29) is 12.5 Å². The van der Waals surface area contributed by atoms with Gasteiger partial charge >= 0.3 is 12.1 Å². The van der Waals surface area contributed by atoms with Gasteiger partial charge in [0.2, 0.25) is 0 Å². The summed E-state index contributed by atoms with van der Waals surface area (Å²) < 4.78 is 5.32. The second-order valence-electron chi connectivity index (χ2n) is 6.50. The van der Waals surface area contributed by atoms with Crippen LogP contribution in [0.5, 0.6) is 0 Å². The zero-order valence-electron chi connectivity index (χ0n) is 12.0. The SMILES string of the molecule is CN1CC[C@@H]2CN(C(=O)OC(C)(C)C)C[C@@]21C(=O)O. The molecule has 0 aromatic carbocycles. The van der Waals surface area contributed by atoms with Gasteiger partial charge in [0.25, 0.3) is 0 Å². The number of hydrogen-bond acceptors (Lipinski definition) is 4. The highest BCUT2D eigenvalue weighted by molar-refractivity contribution is 5.82. The molecule has 0 unspecified atom stereocenters. The average Bonchev–Trinajstić information content (AvgIpc) is 2.75. The minimum Gasteiger partial charge on any atom is -0.480 e. The lowest BCUT2D eigenvalue weighted by Crippen LogP contribution is -2.54. The summed E-state index contributed by atoms with van der Waals surface area (Å²) in [6, 6.07) is 0. The van der Waals surface area contributed by atoms with E-state index in [9.17, 15) is 14.7 Å². The number of carboxylic acid groups (broad SMARTS) is 1. The van der Waals surface area contributed by atoms with E-state index in [0.717, 1.165) is 13.0 Å². The lowest BCUT2D eigenvalue weighted by molar-refractivity contribution is -0.149. The van der Waals surface area contributed by atoms with Crippen LogP contribution in [0.2, 0.25) is 0 Å². The summed E-state index contributed by atoms with van der Waals surface area (Å²) in [6.07, 6.45) is 0.387. The van der Waals surface area contributed by atoms with Crippen LogP contribution in [-0.4, -0.2) is 64.8 Å². The molecule has 6 heteroatoms. The van der Waals surface area contributed by atoms with Crippen molar-refractivity contribution in [2.75, 3.05) is 26.7 Å². The molecule has 19 heavy (non-hydrogen) atoms. The fourth-order valence-electron chi connectivity index (χ4n) is 3.08. The number of rotatable bonds is 1. The molecule has 2 heterocycles. The minimum absolute atomic E-state index is 0.0116. The predicted molar refractivity (Wildman–Crippen MR) is 68.9 cm³/mol. The van der Waals surface area contributed by atoms with Gasteiger partial charge in [0.05, 0.1) is 6.54 Å². The second kappa shape index (κ2) is 4.37. The largest absolute Gasteiger partial charge is 0.480 e. The highest BCUT2D eigenvalue weighted by atomic mass is 16.6. The summed E-state index contributed by atoms with van der Waals surface area (Å²) in [4.78, 5) is 27.1. The van der Waals surface area contributed by atoms with E-state index in [0.29, 0.717) is 6.54 Å². The first-order valence-corrected chi connectivity index (χ1v) is 6.59. The van der Waals surface area contributed by atoms with Crippen molar-refractivity contribution < 1.29 is 19.4 Å². The molecule has 0 aromatic rings. The van der Waals surface area contributed by atoms with Gasteiger partial charge in [0.15, 0.2) is 0 Å². The van der Waals surface area contributed by atoms with Crippen molar-refractivity contribution in [3.8, 4) is 0 Å². The van der Waals surface area contributed by atoms with Crippen LogP contribution in [-0.2, 0) is 9.53 Å². The van der Waals surface area contributed by atoms with Crippen molar-refractivity contribution >= 4 is 12.1 Å². The Kier molecular flexibility index (Phi) is 3.24. The van der Waals surface area contributed by atoms with Crippen LogP contribution < -0.4 is 0 Å². The monoisotopic (exact) mass is 270 g/mol. The normalized spacial score (nSPS) is 31.4. The van der Waals surface area contributed by atoms with Gasteiger partial charge < -0.3 is 14.7 Å². The maximum absolute atomic E-state index is 12.1. The van der Waals surface area contributed by atoms with Gasteiger partial charge in [0, 0.05) is 12.5 Å². The van der Waals surface area contributed by atoms with Gasteiger partial charge in [-0.15, -0.1) is 0 Å². The van der Waals surface area contributed by atoms with Gasteiger partial charge in [-0.2, -0.15) is 0 Å². The van der Waals surface area contributed by atoms with Crippen LogP contribution in [0.3, 0.4) is 0 Å². The summed E-state index contributed by atoms with van der Waals surface area (Å²) in [6.45, 7) is 6.85. The molecule has 6 nitrogen and oxygen atoms in total. The van der Waals surface area contributed by atoms with E-state index in [2.05, 4.69) is 0 Å². The third kappa shape index (κ3) is 2.29. The van der Waals surface area contributed by atoms with Crippen molar-refractivity contribution in [1.82, 2.24) is 9.80 Å². The van der Waals surface area contributed by atoms with E-state index < -0.39 is 23.2 Å². The summed E-state index contributed by atoms with van der Waals surface area (Å²) in [5, 5.41) is 9.56. The molecule has 1 N–H and O–H groups in total. The zero-order valence-corrected chi connectivity index (χ0v) is 12.0. The van der Waals surface area contributed by atoms with Crippen LogP contribution in [0.4, 0.5) is 4.79 Å². The quantitative estimate of drug-likeness (QED) is 0.770. The third-order valence-electron chi connectivity index (χ3n) is 4.06. The number of fused-ring (bicyclic) bond motifs is 1. The highest BCUT2D eigenvalue weighted by Crippen LogP contribution is 2.40. The molecule has 108 valence electrons. The molecule has 2 aliphatic rings. The van der Waals surface area contributed by atoms with Crippen LogP contribution in [0.1, 0.15) is 27.2 Å². The van der Waals surface area contributed by atoms with Crippen molar-refractivity contribution in [1.29, 1.82) is 0 Å². The molecule has 2 saturated heterocycles. The molecule has 0 bridgehead atoms. The van der Waals surface area contributed by atoms with Crippen LogP contribution >= 0.6 is 0 Å². The molecule has 2 atom stereocenters. The summed E-state index contributed by atoms with van der Waals surface area (Å²) >= 11 is 0. The van der Waals surface area contributed by atoms with Gasteiger partial charge in [-0.25, -0.2) is 4.79 Å². The molecule has 2 fully saturated rings. The molecule has 0 aliphatic carbocycles. The number of likely N-dealkylation sites (N-methyl/N-ethyl adjacent to an activating group) is 1. The second-order valence-corrected chi connectivity index (χ2v) is 6.50. The summed E-state index contributed by atoms with van der Waals surface area (Å²) in [5.74, 6) is -0.855. The lowest BCUT2D eigenvalue weighted by Gasteiger charge is -2.31. The summed E-state index contributed by atoms with van der Waals surface area (Å²) in [7, 11) is 1.81. The number of aliphatic carboxylic acids is 1. The molecule has 0 radical (unpaired) electrons. The van der Waals surface area contributed by atoms with Crippen molar-refractivity contribution in [2.45, 2.75) is 38.3 Å². The topological polar surface area (TPSA) is 70.1 Å². The van der Waals surface area contributed by atoms with Gasteiger partial charge in [-0.05, 0) is 40.8 Å². The number of hydrogen-bond donors (Lipinski definition) is 1. The average molecular weight is 270 g/mol. The highest BCUT2D eigenvalue weighted by Gasteiger charge is 2.59. The number of likely N-dealkylation sites (tertiary alicyclic amines) is 2. The van der Waals surface area contributed by atoms with Crippen molar-refractivity contribution in [2.24, 2.45) is 5.92 Å². The molecular formula is C13H22N2O4. The minimum atomic E-state index is -0.934. The molecule has 1 amide bonds. The maximum atomic E-state index is 12.1. The Morgan fingerprint density at radius 1 is 1.37 bits per heavy atom. The smallest absolute Gasteiger partial charge is 0.410 e. The number of carbonyl (C=O) groups is 2. The van der Waals surface area contributed by atoms with Crippen LogP contribution in [0.15, 0.2) is 0 Å². The Balaban J connectivity index is 2.14. The number of amides is 1. The Morgan fingerprint density at radius 2 is 2.00 bits per heavy atom. The number of ether oxygens (including phenoxy) is 1. The first kappa shape index (κ1) is 14.1. The van der Waals surface area contributed by atoms with Gasteiger partial charge in [-0.1, -0.05) is 0 Å². The molecule has 0 aromatic heterocycles. The Bertz CT molecular complexity index is 404. The number of nitrogens with zero attached hydrogens (tertiary/aromatic N) is 2. The van der Waals surface area contributed by atoms with Gasteiger partial charge in [-0.3, -0.25) is 9.69 Å². The van der Waals surface area contributed by atoms with Gasteiger partial charge in [0.1, 0.15) is 11.1 Å². The maximum Gasteiger partial charge on any atom is 0.410 e. The Labute approximate surface area is 113 Å². The van der Waals surface area contributed by atoms with E-state index in [1.54, 1.807) is 20.8 Å². The fourth-order valence-corrected chi connectivity index (χ4v) is 3.08. The first-order valence-electron chi connectivity index (χ1n) is 6.59. The van der Waals surface area contributed by atoms with E-state index in [4.69, 9.17) is 4.74 Å². The number of carbonyl (C=O) groups excluding carboxylic acids is 1. The van der Waals surface area contributed by atoms with E-state index >= 15 is 0 Å². The Morgan fingerprint density at radius 3 is 2.47 bits per heavy atom. The van der Waals surface area contributed by atoms with E-state index in [1.165, 1.54) is 4.90 Å². The molecular weight excluding hydrogens is 248 g/mol. The molecule has 0 saturated carbocycles. The predicted octanol–water partition coefficient (Wildman–Crippen LogP) is 1.01. The Hall–Kier alpha value is -1.30. The summed E-state index contributed by atoms with van der Waals surface area (Å²) in [5.41, 5.74) is -1.49. The fraction of sp³-hybridized carbons (Fsp3) is 0.846. The molecule has 2 aliphatic heterocycles. The standard InChI is InChI=1S/C13H22N2O4/c1-12(2,3)19-11(18)15-7-9-5-6-14(4)13(9,8-15)10(16)17/h9H,5-8H2,1-4H3,(H,16,17)/t9-,13+/m1/s1. The van der Waals surface area contributed by atoms with Crippen molar-refractivity contribution in [3.63, 3.8) is 0 Å². The van der Waals surface area contributed by atoms with Crippen LogP contribution in [0, 0.1) is 5.92 Å². The molecule has 2 rings (SSSR count). The lowest BCUT2D eigenvalue weighted by atomic mass is 9.88. The van der Waals surface area contributed by atoms with Crippen molar-refractivity contribution in [3.05, 3.63) is 0 Å². The van der Waals surface area contributed by atoms with E-state index in [1.807, 2.05) is 11.9 Å². The number of carboxylic acids is 1. The van der Waals surface area contributed by atoms with Crippen LogP contribution in [0.25, 0.3) is 0 Å². The first-order chi connectivity index (χ1) is 8.67. The molecule has 0 spiro atoms.